The Labute approximate surface area is 106 Å². The molecule has 1 atom stereocenters. The lowest BCUT2D eigenvalue weighted by molar-refractivity contribution is 0.199. The van der Waals surface area contributed by atoms with E-state index in [1.165, 1.54) is 10.7 Å². The molecule has 1 N–H and O–H groups in total. The molecule has 0 spiro atoms. The van der Waals surface area contributed by atoms with E-state index in [0.29, 0.717) is 17.2 Å². The fraction of sp³-hybridized carbons (Fsp3) is 0.357. The summed E-state index contributed by atoms with van der Waals surface area (Å²) in [4.78, 5) is 0. The molecule has 1 aromatic heterocycles. The topological polar surface area (TPSA) is 38.0 Å². The Hall–Kier alpha value is -1.68. The third-order valence-corrected chi connectivity index (χ3v) is 2.90. The molecule has 2 rings (SSSR count). The number of aromatic nitrogens is 2. The molecule has 96 valence electrons. The van der Waals surface area contributed by atoms with Gasteiger partial charge >= 0.3 is 0 Å². The van der Waals surface area contributed by atoms with Crippen molar-refractivity contribution in [2.75, 3.05) is 0 Å². The molecule has 0 aliphatic heterocycles. The largest absolute Gasteiger partial charge is 0.389 e. The van der Waals surface area contributed by atoms with E-state index in [0.717, 1.165) is 5.69 Å². The number of rotatable bonds is 3. The summed E-state index contributed by atoms with van der Waals surface area (Å²) in [7, 11) is 0. The van der Waals surface area contributed by atoms with Crippen LogP contribution in [0.2, 0.25) is 0 Å². The molecule has 0 aliphatic rings. The maximum atomic E-state index is 13.9. The van der Waals surface area contributed by atoms with Crippen molar-refractivity contribution in [2.24, 2.45) is 0 Å². The maximum Gasteiger partial charge on any atom is 0.149 e. The number of halogens is 1. The van der Waals surface area contributed by atoms with Crippen molar-refractivity contribution in [3.8, 4) is 5.69 Å². The molecule has 0 saturated heterocycles. The highest BCUT2D eigenvalue weighted by atomic mass is 19.1. The van der Waals surface area contributed by atoms with Crippen LogP contribution in [-0.2, 0) is 0 Å². The summed E-state index contributed by atoms with van der Waals surface area (Å²) in [5, 5.41) is 13.7. The minimum Gasteiger partial charge on any atom is -0.389 e. The summed E-state index contributed by atoms with van der Waals surface area (Å²) in [5.74, 6) is -0.0714. The highest BCUT2D eigenvalue weighted by molar-refractivity contribution is 5.36. The fourth-order valence-corrected chi connectivity index (χ4v) is 1.75. The van der Waals surface area contributed by atoms with Gasteiger partial charge in [0.2, 0.25) is 0 Å². The molecule has 2 aromatic rings. The third kappa shape index (κ3) is 2.43. The molecule has 0 aliphatic carbocycles. The van der Waals surface area contributed by atoms with Crippen molar-refractivity contribution in [1.82, 2.24) is 9.78 Å². The first kappa shape index (κ1) is 12.8. The Balaban J connectivity index is 2.38. The first-order valence-electron chi connectivity index (χ1n) is 6.02. The van der Waals surface area contributed by atoms with Gasteiger partial charge in [-0.15, -0.1) is 0 Å². The lowest BCUT2D eigenvalue weighted by Crippen LogP contribution is -2.02. The molecule has 18 heavy (non-hydrogen) atoms. The van der Waals surface area contributed by atoms with Gasteiger partial charge in [0.25, 0.3) is 0 Å². The quantitative estimate of drug-likeness (QED) is 0.905. The number of hydrogen-bond acceptors (Lipinski definition) is 2. The molecule has 0 saturated carbocycles. The average Bonchev–Trinajstić information content (AvgIpc) is 2.78. The van der Waals surface area contributed by atoms with Crippen LogP contribution in [0.5, 0.6) is 0 Å². The van der Waals surface area contributed by atoms with E-state index in [9.17, 15) is 9.50 Å². The Morgan fingerprint density at radius 2 is 1.94 bits per heavy atom. The van der Waals surface area contributed by atoms with E-state index in [2.05, 4.69) is 5.10 Å². The number of aliphatic hydroxyl groups is 1. The smallest absolute Gasteiger partial charge is 0.149 e. The van der Waals surface area contributed by atoms with Crippen molar-refractivity contribution in [3.63, 3.8) is 0 Å². The molecule has 3 nitrogen and oxygen atoms in total. The molecule has 1 aromatic carbocycles. The Bertz CT molecular complexity index is 546. The zero-order valence-electron chi connectivity index (χ0n) is 10.8. The van der Waals surface area contributed by atoms with Crippen molar-refractivity contribution in [2.45, 2.75) is 32.8 Å². The first-order chi connectivity index (χ1) is 8.49. The van der Waals surface area contributed by atoms with E-state index < -0.39 is 6.10 Å². The number of nitrogens with zero attached hydrogens (tertiary/aromatic N) is 2. The zero-order chi connectivity index (χ0) is 13.3. The van der Waals surface area contributed by atoms with Gasteiger partial charge in [-0.2, -0.15) is 5.10 Å². The molecule has 0 fully saturated rings. The van der Waals surface area contributed by atoms with Crippen molar-refractivity contribution >= 4 is 0 Å². The van der Waals surface area contributed by atoms with Crippen LogP contribution in [0.15, 0.2) is 30.5 Å². The minimum atomic E-state index is -0.669. The normalized spacial score (nSPS) is 13.0. The number of hydrogen-bond donors (Lipinski definition) is 1. The SMILES string of the molecule is CC(C)c1ccn(-c2ccc([C@H](C)O)cc2F)n1. The van der Waals surface area contributed by atoms with Crippen LogP contribution in [-0.4, -0.2) is 14.9 Å². The summed E-state index contributed by atoms with van der Waals surface area (Å²) in [6, 6.07) is 6.57. The zero-order valence-corrected chi connectivity index (χ0v) is 10.8. The predicted octanol–water partition coefficient (Wildman–Crippen LogP) is 3.19. The first-order valence-corrected chi connectivity index (χ1v) is 6.02. The third-order valence-electron chi connectivity index (χ3n) is 2.90. The van der Waals surface area contributed by atoms with Gasteiger partial charge in [0.05, 0.1) is 11.8 Å². The van der Waals surface area contributed by atoms with E-state index >= 15 is 0 Å². The van der Waals surface area contributed by atoms with Crippen LogP contribution >= 0.6 is 0 Å². The molecular formula is C14H17FN2O. The van der Waals surface area contributed by atoms with E-state index in [1.54, 1.807) is 25.3 Å². The Kier molecular flexibility index (Phi) is 3.48. The van der Waals surface area contributed by atoms with E-state index in [-0.39, 0.29) is 5.82 Å². The highest BCUT2D eigenvalue weighted by Crippen LogP contribution is 2.20. The molecule has 0 bridgehead atoms. The Morgan fingerprint density at radius 1 is 1.22 bits per heavy atom. The highest BCUT2D eigenvalue weighted by Gasteiger charge is 2.10. The van der Waals surface area contributed by atoms with Gasteiger partial charge in [0.15, 0.2) is 0 Å². The van der Waals surface area contributed by atoms with Crippen molar-refractivity contribution < 1.29 is 9.50 Å². The van der Waals surface area contributed by atoms with E-state index in [1.807, 2.05) is 19.9 Å². The average molecular weight is 248 g/mol. The van der Waals surface area contributed by atoms with Crippen molar-refractivity contribution in [3.05, 3.63) is 47.5 Å². The van der Waals surface area contributed by atoms with Crippen LogP contribution in [0.3, 0.4) is 0 Å². The van der Waals surface area contributed by atoms with Gasteiger partial charge in [-0.3, -0.25) is 0 Å². The van der Waals surface area contributed by atoms with Gasteiger partial charge in [-0.1, -0.05) is 19.9 Å². The summed E-state index contributed by atoms with van der Waals surface area (Å²) in [5.41, 5.74) is 1.88. The standard InChI is InChI=1S/C14H17FN2O/c1-9(2)13-6-7-17(16-13)14-5-4-11(10(3)18)8-12(14)15/h4-10,18H,1-3H3/t10-/m0/s1. The van der Waals surface area contributed by atoms with Crippen LogP contribution < -0.4 is 0 Å². The minimum absolute atomic E-state index is 0.311. The molecule has 0 radical (unpaired) electrons. The lowest BCUT2D eigenvalue weighted by Gasteiger charge is -2.08. The molecule has 1 heterocycles. The second-order valence-corrected chi connectivity index (χ2v) is 4.73. The predicted molar refractivity (Wildman–Crippen MR) is 68.2 cm³/mol. The van der Waals surface area contributed by atoms with E-state index in [4.69, 9.17) is 0 Å². The van der Waals surface area contributed by atoms with Crippen LogP contribution in [0.1, 0.15) is 44.1 Å². The van der Waals surface area contributed by atoms with Crippen LogP contribution in [0, 0.1) is 5.82 Å². The lowest BCUT2D eigenvalue weighted by atomic mass is 10.1. The summed E-state index contributed by atoms with van der Waals surface area (Å²) >= 11 is 0. The molecule has 4 heteroatoms. The van der Waals surface area contributed by atoms with Gasteiger partial charge in [-0.25, -0.2) is 9.07 Å². The van der Waals surface area contributed by atoms with Gasteiger partial charge in [-0.05, 0) is 36.6 Å². The van der Waals surface area contributed by atoms with Gasteiger partial charge < -0.3 is 5.11 Å². The van der Waals surface area contributed by atoms with Gasteiger partial charge in [0.1, 0.15) is 11.5 Å². The summed E-state index contributed by atoms with van der Waals surface area (Å²) in [6.45, 7) is 5.69. The Morgan fingerprint density at radius 3 is 2.44 bits per heavy atom. The van der Waals surface area contributed by atoms with Gasteiger partial charge in [0, 0.05) is 6.20 Å². The maximum absolute atomic E-state index is 13.9. The molecule has 0 amide bonds. The van der Waals surface area contributed by atoms with Crippen molar-refractivity contribution in [1.29, 1.82) is 0 Å². The van der Waals surface area contributed by atoms with Crippen LogP contribution in [0.25, 0.3) is 5.69 Å². The summed E-state index contributed by atoms with van der Waals surface area (Å²) in [6.07, 6.45) is 1.08. The fourth-order valence-electron chi connectivity index (χ4n) is 1.75. The monoisotopic (exact) mass is 248 g/mol. The second kappa shape index (κ2) is 4.90. The molecule has 0 unspecified atom stereocenters. The molecular weight excluding hydrogens is 231 g/mol. The number of benzene rings is 1. The second-order valence-electron chi connectivity index (χ2n) is 4.73. The number of aliphatic hydroxyl groups excluding tert-OH is 1. The van der Waals surface area contributed by atoms with Crippen LogP contribution in [0.4, 0.5) is 4.39 Å². The summed E-state index contributed by atoms with van der Waals surface area (Å²) < 4.78 is 15.5.